The van der Waals surface area contributed by atoms with Gasteiger partial charge in [0.05, 0.1) is 17.6 Å². The molecule has 0 amide bonds. The summed E-state index contributed by atoms with van der Waals surface area (Å²) >= 11 is 0. The maximum atomic E-state index is 4.74. The molecule has 2 rings (SSSR count). The first kappa shape index (κ1) is 15.6. The van der Waals surface area contributed by atoms with Gasteiger partial charge in [0.2, 0.25) is 0 Å². The number of nitrogens with zero attached hydrogens (tertiary/aromatic N) is 4. The van der Waals surface area contributed by atoms with E-state index in [9.17, 15) is 0 Å². The highest BCUT2D eigenvalue weighted by molar-refractivity contribution is 5.36. The normalized spacial score (nSPS) is 11.3. The summed E-state index contributed by atoms with van der Waals surface area (Å²) < 4.78 is 1.93. The molecule has 0 atom stereocenters. The third-order valence-corrected chi connectivity index (χ3v) is 3.34. The first-order chi connectivity index (χ1) is 10.0. The average molecular weight is 287 g/mol. The largest absolute Gasteiger partial charge is 0.311 e. The Morgan fingerprint density at radius 2 is 2.05 bits per heavy atom. The molecule has 0 radical (unpaired) electrons. The van der Waals surface area contributed by atoms with Gasteiger partial charge in [-0.3, -0.25) is 0 Å². The van der Waals surface area contributed by atoms with Crippen molar-refractivity contribution in [3.8, 4) is 5.69 Å². The van der Waals surface area contributed by atoms with Crippen LogP contribution in [0, 0.1) is 13.8 Å². The topological polar surface area (TPSA) is 55.6 Å². The van der Waals surface area contributed by atoms with Crippen LogP contribution >= 0.6 is 0 Å². The molecule has 2 heterocycles. The van der Waals surface area contributed by atoms with Gasteiger partial charge in [-0.1, -0.05) is 20.8 Å². The molecule has 0 fully saturated rings. The predicted octanol–water partition coefficient (Wildman–Crippen LogP) is 2.90. The van der Waals surface area contributed by atoms with Gasteiger partial charge in [-0.25, -0.2) is 14.6 Å². The van der Waals surface area contributed by atoms with Crippen molar-refractivity contribution in [2.24, 2.45) is 0 Å². The molecule has 0 aliphatic heterocycles. The molecule has 114 valence electrons. The van der Waals surface area contributed by atoms with E-state index in [0.29, 0.717) is 5.92 Å². The van der Waals surface area contributed by atoms with Gasteiger partial charge in [-0.05, 0) is 32.9 Å². The predicted molar refractivity (Wildman–Crippen MR) is 84.7 cm³/mol. The Hall–Kier alpha value is -1.75. The SMILES string of the molecule is CCCNCc1nc(C(C)C)ncc1-n1nc(C)cc1C. The number of hydrogen-bond acceptors (Lipinski definition) is 4. The Labute approximate surface area is 126 Å². The molecule has 5 nitrogen and oxygen atoms in total. The molecular weight excluding hydrogens is 262 g/mol. The molecule has 1 N–H and O–H groups in total. The van der Waals surface area contributed by atoms with Gasteiger partial charge in [0.1, 0.15) is 11.5 Å². The Bertz CT molecular complexity index is 601. The van der Waals surface area contributed by atoms with E-state index >= 15 is 0 Å². The van der Waals surface area contributed by atoms with Gasteiger partial charge in [0.15, 0.2) is 0 Å². The van der Waals surface area contributed by atoms with Gasteiger partial charge < -0.3 is 5.32 Å². The quantitative estimate of drug-likeness (QED) is 0.830. The number of aryl methyl sites for hydroxylation is 2. The fraction of sp³-hybridized carbons (Fsp3) is 0.562. The lowest BCUT2D eigenvalue weighted by molar-refractivity contribution is 0.642. The van der Waals surface area contributed by atoms with E-state index in [1.165, 1.54) is 0 Å². The average Bonchev–Trinajstić information content (AvgIpc) is 2.77. The van der Waals surface area contributed by atoms with Crippen LogP contribution < -0.4 is 5.32 Å². The number of hydrogen-bond donors (Lipinski definition) is 1. The van der Waals surface area contributed by atoms with E-state index < -0.39 is 0 Å². The van der Waals surface area contributed by atoms with Crippen LogP contribution in [0.5, 0.6) is 0 Å². The standard InChI is InChI=1S/C16H25N5/c1-6-7-17-9-14-15(10-18-16(19-14)11(2)3)21-13(5)8-12(4)20-21/h8,10-11,17H,6-7,9H2,1-5H3. The molecule has 0 aliphatic rings. The van der Waals surface area contributed by atoms with E-state index in [4.69, 9.17) is 4.98 Å². The highest BCUT2D eigenvalue weighted by Gasteiger charge is 2.13. The Morgan fingerprint density at radius 3 is 2.62 bits per heavy atom. The number of aromatic nitrogens is 4. The molecule has 0 spiro atoms. The molecular formula is C16H25N5. The second-order valence-electron chi connectivity index (χ2n) is 5.73. The lowest BCUT2D eigenvalue weighted by atomic mass is 10.2. The van der Waals surface area contributed by atoms with Gasteiger partial charge in [-0.15, -0.1) is 0 Å². The van der Waals surface area contributed by atoms with Crippen LogP contribution in [0.15, 0.2) is 12.3 Å². The second-order valence-corrected chi connectivity index (χ2v) is 5.73. The fourth-order valence-electron chi connectivity index (χ4n) is 2.27. The maximum Gasteiger partial charge on any atom is 0.131 e. The third-order valence-electron chi connectivity index (χ3n) is 3.34. The summed E-state index contributed by atoms with van der Waals surface area (Å²) in [4.78, 5) is 9.23. The molecule has 21 heavy (non-hydrogen) atoms. The summed E-state index contributed by atoms with van der Waals surface area (Å²) in [6.45, 7) is 12.2. The second kappa shape index (κ2) is 6.80. The molecule has 0 saturated carbocycles. The molecule has 0 unspecified atom stereocenters. The van der Waals surface area contributed by atoms with Crippen LogP contribution in [0.4, 0.5) is 0 Å². The first-order valence-corrected chi connectivity index (χ1v) is 7.63. The minimum atomic E-state index is 0.324. The number of nitrogens with one attached hydrogen (secondary N) is 1. The third kappa shape index (κ3) is 3.67. The van der Waals surface area contributed by atoms with E-state index in [2.05, 4.69) is 49.2 Å². The summed E-state index contributed by atoms with van der Waals surface area (Å²) in [6, 6.07) is 2.07. The van der Waals surface area contributed by atoms with Crippen molar-refractivity contribution in [2.75, 3.05) is 6.54 Å². The summed E-state index contributed by atoms with van der Waals surface area (Å²) in [5, 5.41) is 7.98. The van der Waals surface area contributed by atoms with Gasteiger partial charge in [0.25, 0.3) is 0 Å². The zero-order valence-corrected chi connectivity index (χ0v) is 13.6. The van der Waals surface area contributed by atoms with E-state index in [1.807, 2.05) is 17.8 Å². The van der Waals surface area contributed by atoms with Crippen molar-refractivity contribution in [2.45, 2.75) is 53.5 Å². The number of rotatable bonds is 6. The first-order valence-electron chi connectivity index (χ1n) is 7.63. The Kier molecular flexibility index (Phi) is 5.07. The van der Waals surface area contributed by atoms with Crippen LogP contribution in [0.1, 0.15) is 56.0 Å². The fourth-order valence-corrected chi connectivity index (χ4v) is 2.27. The van der Waals surface area contributed by atoms with Crippen molar-refractivity contribution in [3.05, 3.63) is 35.2 Å². The molecule has 5 heteroatoms. The molecule has 2 aromatic rings. The molecule has 0 saturated heterocycles. The lowest BCUT2D eigenvalue weighted by Gasteiger charge is -2.13. The van der Waals surface area contributed by atoms with Crippen LogP contribution in [-0.4, -0.2) is 26.3 Å². The van der Waals surface area contributed by atoms with Crippen molar-refractivity contribution in [1.29, 1.82) is 0 Å². The summed E-state index contributed by atoms with van der Waals surface area (Å²) in [5.74, 6) is 1.21. The van der Waals surface area contributed by atoms with E-state index in [-0.39, 0.29) is 0 Å². The van der Waals surface area contributed by atoms with Crippen molar-refractivity contribution < 1.29 is 0 Å². The highest BCUT2D eigenvalue weighted by Crippen LogP contribution is 2.17. The van der Waals surface area contributed by atoms with Crippen molar-refractivity contribution >= 4 is 0 Å². The van der Waals surface area contributed by atoms with Gasteiger partial charge >= 0.3 is 0 Å². The lowest BCUT2D eigenvalue weighted by Crippen LogP contribution is -2.19. The Morgan fingerprint density at radius 1 is 1.29 bits per heavy atom. The van der Waals surface area contributed by atoms with Gasteiger partial charge in [-0.2, -0.15) is 5.10 Å². The van der Waals surface area contributed by atoms with Crippen molar-refractivity contribution in [1.82, 2.24) is 25.1 Å². The van der Waals surface area contributed by atoms with Crippen LogP contribution in [-0.2, 0) is 6.54 Å². The van der Waals surface area contributed by atoms with Gasteiger partial charge in [0, 0.05) is 18.2 Å². The highest BCUT2D eigenvalue weighted by atomic mass is 15.3. The van der Waals surface area contributed by atoms with Crippen LogP contribution in [0.25, 0.3) is 5.69 Å². The Balaban J connectivity index is 2.41. The van der Waals surface area contributed by atoms with E-state index in [0.717, 1.165) is 48.1 Å². The monoisotopic (exact) mass is 287 g/mol. The zero-order valence-electron chi connectivity index (χ0n) is 13.6. The minimum Gasteiger partial charge on any atom is -0.311 e. The van der Waals surface area contributed by atoms with Crippen LogP contribution in [0.2, 0.25) is 0 Å². The summed E-state index contributed by atoms with van der Waals surface area (Å²) in [7, 11) is 0. The molecule has 0 aliphatic carbocycles. The smallest absolute Gasteiger partial charge is 0.131 e. The summed E-state index contributed by atoms with van der Waals surface area (Å²) in [6.07, 6.45) is 3.00. The minimum absolute atomic E-state index is 0.324. The summed E-state index contributed by atoms with van der Waals surface area (Å²) in [5.41, 5.74) is 4.08. The van der Waals surface area contributed by atoms with Crippen molar-refractivity contribution in [3.63, 3.8) is 0 Å². The zero-order chi connectivity index (χ0) is 15.4. The van der Waals surface area contributed by atoms with E-state index in [1.54, 1.807) is 0 Å². The molecule has 2 aromatic heterocycles. The maximum absolute atomic E-state index is 4.74. The molecule has 0 aromatic carbocycles. The molecule has 0 bridgehead atoms. The van der Waals surface area contributed by atoms with Crippen LogP contribution in [0.3, 0.4) is 0 Å².